The van der Waals surface area contributed by atoms with Gasteiger partial charge in [-0.25, -0.2) is 4.79 Å². The number of hydrogen-bond acceptors (Lipinski definition) is 1. The molecule has 2 aromatic carbocycles. The van der Waals surface area contributed by atoms with Crippen LogP contribution in [0, 0.1) is 41.5 Å². The van der Waals surface area contributed by atoms with Crippen molar-refractivity contribution in [2.75, 3.05) is 0 Å². The SMILES string of the molecule is Cc1c(Br)c(C)c(C(=C=O)c2c(C)c(Br)c(C)c(Br)c2C)c(C)c1Br. The van der Waals surface area contributed by atoms with Crippen molar-refractivity contribution in [1.82, 2.24) is 0 Å². The molecular weight excluding hydrogens is 576 g/mol. The Labute approximate surface area is 182 Å². The molecule has 0 saturated heterocycles. The molecule has 0 atom stereocenters. The average Bonchev–Trinajstić information content (AvgIpc) is 2.60. The van der Waals surface area contributed by atoms with Crippen molar-refractivity contribution >= 4 is 75.2 Å². The van der Waals surface area contributed by atoms with Crippen molar-refractivity contribution in [2.24, 2.45) is 0 Å². The standard InChI is InChI=1S/C20H18Br4O/c1-8-15(9(2)18(22)12(5)17(8)21)14(7-25)16-10(3)19(23)13(6)20(24)11(16)4/h1-6H3. The van der Waals surface area contributed by atoms with Crippen LogP contribution in [0.5, 0.6) is 0 Å². The normalized spacial score (nSPS) is 10.8. The van der Waals surface area contributed by atoms with Crippen LogP contribution in [0.2, 0.25) is 0 Å². The molecule has 0 N–H and O–H groups in total. The molecule has 0 saturated carbocycles. The molecule has 2 aromatic rings. The fourth-order valence-corrected chi connectivity index (χ4v) is 5.41. The van der Waals surface area contributed by atoms with Crippen molar-refractivity contribution < 1.29 is 4.79 Å². The molecule has 0 aromatic heterocycles. The summed E-state index contributed by atoms with van der Waals surface area (Å²) in [6.07, 6.45) is 0. The van der Waals surface area contributed by atoms with E-state index in [0.29, 0.717) is 5.57 Å². The summed E-state index contributed by atoms with van der Waals surface area (Å²) in [5.41, 5.74) is 8.87. The van der Waals surface area contributed by atoms with E-state index in [2.05, 4.69) is 83.5 Å². The van der Waals surface area contributed by atoms with Crippen LogP contribution in [0.3, 0.4) is 0 Å². The van der Waals surface area contributed by atoms with Gasteiger partial charge in [-0.2, -0.15) is 0 Å². The lowest BCUT2D eigenvalue weighted by molar-refractivity contribution is 0.569. The monoisotopic (exact) mass is 590 g/mol. The zero-order valence-corrected chi connectivity index (χ0v) is 21.3. The Bertz CT molecular complexity index is 822. The van der Waals surface area contributed by atoms with E-state index in [-0.39, 0.29) is 0 Å². The van der Waals surface area contributed by atoms with Crippen LogP contribution in [0.1, 0.15) is 44.5 Å². The molecule has 0 amide bonds. The first-order valence-electron chi connectivity index (χ1n) is 7.71. The molecule has 0 aliphatic rings. The van der Waals surface area contributed by atoms with Crippen molar-refractivity contribution in [3.63, 3.8) is 0 Å². The third-order valence-corrected chi connectivity index (χ3v) is 9.49. The van der Waals surface area contributed by atoms with Gasteiger partial charge in [-0.15, -0.1) is 0 Å². The number of rotatable bonds is 2. The lowest BCUT2D eigenvalue weighted by Gasteiger charge is -2.22. The zero-order valence-electron chi connectivity index (χ0n) is 14.9. The minimum Gasteiger partial charge on any atom is -0.233 e. The predicted octanol–water partition coefficient (Wildman–Crippen LogP) is 7.85. The second-order valence-corrected chi connectivity index (χ2v) is 9.40. The lowest BCUT2D eigenvalue weighted by Crippen LogP contribution is -2.05. The second-order valence-electron chi connectivity index (χ2n) is 6.23. The molecule has 2 rings (SSSR count). The van der Waals surface area contributed by atoms with Crippen LogP contribution in [-0.2, 0) is 4.79 Å². The van der Waals surface area contributed by atoms with Crippen LogP contribution in [0.4, 0.5) is 0 Å². The topological polar surface area (TPSA) is 17.1 Å². The highest BCUT2D eigenvalue weighted by Gasteiger charge is 2.24. The Hall–Kier alpha value is -0.190. The molecule has 1 nitrogen and oxygen atoms in total. The summed E-state index contributed by atoms with van der Waals surface area (Å²) in [5.74, 6) is 2.23. The minimum absolute atomic E-state index is 0.591. The summed E-state index contributed by atoms with van der Waals surface area (Å²) in [7, 11) is 0. The van der Waals surface area contributed by atoms with E-state index in [1.165, 1.54) is 0 Å². The Kier molecular flexibility index (Phi) is 6.60. The summed E-state index contributed by atoms with van der Waals surface area (Å²) < 4.78 is 4.03. The lowest BCUT2D eigenvalue weighted by atomic mass is 9.86. The maximum atomic E-state index is 12.1. The molecule has 25 heavy (non-hydrogen) atoms. The highest BCUT2D eigenvalue weighted by Crippen LogP contribution is 2.43. The first-order valence-corrected chi connectivity index (χ1v) is 10.9. The summed E-state index contributed by atoms with van der Waals surface area (Å²) in [5, 5.41) is 0. The Morgan fingerprint density at radius 2 is 0.800 bits per heavy atom. The summed E-state index contributed by atoms with van der Waals surface area (Å²) in [6, 6.07) is 0. The van der Waals surface area contributed by atoms with Crippen molar-refractivity contribution in [3.8, 4) is 0 Å². The van der Waals surface area contributed by atoms with Gasteiger partial charge in [0, 0.05) is 29.0 Å². The molecular formula is C20H18Br4O. The molecule has 0 bridgehead atoms. The Morgan fingerprint density at radius 1 is 0.560 bits per heavy atom. The van der Waals surface area contributed by atoms with Crippen LogP contribution in [0.25, 0.3) is 5.57 Å². The van der Waals surface area contributed by atoms with E-state index in [1.807, 2.05) is 27.7 Å². The van der Waals surface area contributed by atoms with Crippen molar-refractivity contribution in [3.05, 3.63) is 62.4 Å². The molecule has 0 fully saturated rings. The molecule has 0 aliphatic heterocycles. The van der Waals surface area contributed by atoms with E-state index in [4.69, 9.17) is 0 Å². The molecule has 5 heteroatoms. The smallest absolute Gasteiger partial charge is 0.133 e. The first kappa shape index (κ1) is 21.1. The van der Waals surface area contributed by atoms with Crippen molar-refractivity contribution in [2.45, 2.75) is 41.5 Å². The second kappa shape index (κ2) is 7.82. The van der Waals surface area contributed by atoms with Crippen LogP contribution >= 0.6 is 63.7 Å². The van der Waals surface area contributed by atoms with Crippen LogP contribution in [0.15, 0.2) is 17.9 Å². The molecule has 0 radical (unpaired) electrons. The summed E-state index contributed by atoms with van der Waals surface area (Å²) >= 11 is 14.7. The van der Waals surface area contributed by atoms with Gasteiger partial charge in [0.1, 0.15) is 5.94 Å². The van der Waals surface area contributed by atoms with Gasteiger partial charge in [-0.3, -0.25) is 0 Å². The highest BCUT2D eigenvalue weighted by molar-refractivity contribution is 9.11. The molecule has 132 valence electrons. The van der Waals surface area contributed by atoms with Gasteiger partial charge in [0.2, 0.25) is 0 Å². The van der Waals surface area contributed by atoms with Crippen molar-refractivity contribution in [1.29, 1.82) is 0 Å². The Balaban J connectivity index is 2.98. The van der Waals surface area contributed by atoms with Gasteiger partial charge in [-0.05, 0) is 74.9 Å². The Morgan fingerprint density at radius 3 is 1.00 bits per heavy atom. The zero-order chi connectivity index (χ0) is 19.2. The van der Waals surface area contributed by atoms with Crippen LogP contribution < -0.4 is 0 Å². The fraction of sp³-hybridized carbons (Fsp3) is 0.300. The van der Waals surface area contributed by atoms with E-state index in [0.717, 1.165) is 62.4 Å². The van der Waals surface area contributed by atoms with E-state index >= 15 is 0 Å². The number of benzene rings is 2. The molecule has 0 aliphatic carbocycles. The molecule has 0 heterocycles. The maximum absolute atomic E-state index is 12.1. The largest absolute Gasteiger partial charge is 0.233 e. The van der Waals surface area contributed by atoms with Gasteiger partial charge in [-0.1, -0.05) is 63.7 Å². The summed E-state index contributed by atoms with van der Waals surface area (Å²) in [4.78, 5) is 12.1. The highest BCUT2D eigenvalue weighted by atomic mass is 79.9. The first-order chi connectivity index (χ1) is 11.6. The maximum Gasteiger partial charge on any atom is 0.133 e. The number of carbonyl (C=O) groups excluding carboxylic acids is 1. The van der Waals surface area contributed by atoms with E-state index in [9.17, 15) is 4.79 Å². The average molecular weight is 594 g/mol. The van der Waals surface area contributed by atoms with Gasteiger partial charge in [0.25, 0.3) is 0 Å². The van der Waals surface area contributed by atoms with Gasteiger partial charge < -0.3 is 0 Å². The van der Waals surface area contributed by atoms with Gasteiger partial charge in [0.15, 0.2) is 0 Å². The molecule has 0 unspecified atom stereocenters. The third kappa shape index (κ3) is 3.39. The quantitative estimate of drug-likeness (QED) is 0.324. The predicted molar refractivity (Wildman–Crippen MR) is 120 cm³/mol. The van der Waals surface area contributed by atoms with Crippen LogP contribution in [-0.4, -0.2) is 5.94 Å². The summed E-state index contributed by atoms with van der Waals surface area (Å²) in [6.45, 7) is 12.2. The fourth-order valence-electron chi connectivity index (χ4n) is 3.30. The van der Waals surface area contributed by atoms with E-state index < -0.39 is 0 Å². The van der Waals surface area contributed by atoms with Gasteiger partial charge >= 0.3 is 0 Å². The number of halogens is 4. The minimum atomic E-state index is 0.591. The number of hydrogen-bond donors (Lipinski definition) is 0. The van der Waals surface area contributed by atoms with E-state index in [1.54, 1.807) is 0 Å². The van der Waals surface area contributed by atoms with Gasteiger partial charge in [0.05, 0.1) is 5.57 Å². The third-order valence-electron chi connectivity index (χ3n) is 4.74. The molecule has 0 spiro atoms.